The number of ether oxygens (including phenoxy) is 2. The normalized spacial score (nSPS) is 16.9. The first-order valence-electron chi connectivity index (χ1n) is 11.4. The molecular weight excluding hydrogens is 440 g/mol. The third-order valence-corrected chi connectivity index (χ3v) is 5.00. The summed E-state index contributed by atoms with van der Waals surface area (Å²) in [5.74, 6) is 5.44. The number of rotatable bonds is 4. The van der Waals surface area contributed by atoms with Crippen LogP contribution in [0.2, 0.25) is 0 Å². The summed E-state index contributed by atoms with van der Waals surface area (Å²) in [6, 6.07) is 2.90. The molecule has 1 aromatic heterocycles. The van der Waals surface area contributed by atoms with Crippen LogP contribution in [-0.2, 0) is 14.3 Å². The Morgan fingerprint density at radius 2 is 1.88 bits per heavy atom. The van der Waals surface area contributed by atoms with Gasteiger partial charge in [-0.05, 0) is 79.4 Å². The van der Waals surface area contributed by atoms with Crippen molar-refractivity contribution in [2.75, 3.05) is 11.8 Å². The summed E-state index contributed by atoms with van der Waals surface area (Å²) < 4.78 is 13.3. The van der Waals surface area contributed by atoms with E-state index in [1.54, 1.807) is 27.0 Å². The number of hydrazine groups is 2. The monoisotopic (exact) mass is 476 g/mol. The Hall–Kier alpha value is -2.89. The van der Waals surface area contributed by atoms with Crippen LogP contribution < -0.4 is 16.4 Å². The number of anilines is 1. The number of amides is 3. The number of benzene rings is 1. The lowest BCUT2D eigenvalue weighted by Gasteiger charge is -2.38. The van der Waals surface area contributed by atoms with Crippen molar-refractivity contribution in [1.82, 2.24) is 20.2 Å². The van der Waals surface area contributed by atoms with Crippen LogP contribution in [0.15, 0.2) is 18.3 Å². The standard InChI is InChI=1S/C23H36N6O5/c1-15-11-12-17-16(14-25-27(17)18-10-8-9-13-32-18)19(15)29(34-23(5,6)7)28(20(30)26-24)21(31)33-22(2,3)4/h11-12,14,18H,8-10,13,24H2,1-7H3,(H,26,30). The summed E-state index contributed by atoms with van der Waals surface area (Å²) in [6.07, 6.45) is 3.47. The van der Waals surface area contributed by atoms with Crippen molar-refractivity contribution in [3.63, 3.8) is 0 Å². The zero-order chi connectivity index (χ0) is 25.3. The van der Waals surface area contributed by atoms with Gasteiger partial charge >= 0.3 is 12.1 Å². The van der Waals surface area contributed by atoms with E-state index in [0.717, 1.165) is 35.5 Å². The molecular formula is C23H36N6O5. The molecule has 0 aliphatic carbocycles. The minimum absolute atomic E-state index is 0.187. The second-order valence-electron chi connectivity index (χ2n) is 10.3. The van der Waals surface area contributed by atoms with E-state index >= 15 is 0 Å². The number of nitrogens with one attached hydrogen (secondary N) is 1. The van der Waals surface area contributed by atoms with Crippen molar-refractivity contribution in [1.29, 1.82) is 0 Å². The molecule has 11 nitrogen and oxygen atoms in total. The smallest absolute Gasteiger partial charge is 0.440 e. The second-order valence-corrected chi connectivity index (χ2v) is 10.3. The van der Waals surface area contributed by atoms with Gasteiger partial charge in [0, 0.05) is 12.0 Å². The summed E-state index contributed by atoms with van der Waals surface area (Å²) in [7, 11) is 0. The minimum atomic E-state index is -0.945. The molecule has 1 atom stereocenters. The van der Waals surface area contributed by atoms with Crippen LogP contribution in [0.25, 0.3) is 10.9 Å². The number of nitrogens with two attached hydrogens (primary N) is 1. The van der Waals surface area contributed by atoms with Crippen molar-refractivity contribution in [3.8, 4) is 0 Å². The summed E-state index contributed by atoms with van der Waals surface area (Å²) in [6.45, 7) is 13.1. The zero-order valence-corrected chi connectivity index (χ0v) is 21.0. The van der Waals surface area contributed by atoms with E-state index < -0.39 is 23.3 Å². The molecule has 1 saturated heterocycles. The van der Waals surface area contributed by atoms with E-state index in [2.05, 4.69) is 5.10 Å². The zero-order valence-electron chi connectivity index (χ0n) is 21.0. The Kier molecular flexibility index (Phi) is 7.39. The van der Waals surface area contributed by atoms with Crippen molar-refractivity contribution < 1.29 is 23.9 Å². The van der Waals surface area contributed by atoms with Gasteiger partial charge in [-0.25, -0.2) is 25.0 Å². The summed E-state index contributed by atoms with van der Waals surface area (Å²) >= 11 is 0. The SMILES string of the molecule is Cc1ccc2c(cnn2C2CCCCO2)c1N(OC(C)(C)C)N(C(=O)NN)C(=O)OC(C)(C)C. The molecule has 1 aliphatic rings. The predicted octanol–water partition coefficient (Wildman–Crippen LogP) is 4.32. The molecule has 1 aliphatic heterocycles. The van der Waals surface area contributed by atoms with Crippen molar-refractivity contribution in [2.45, 2.75) is 85.2 Å². The van der Waals surface area contributed by atoms with Crippen molar-refractivity contribution in [2.24, 2.45) is 5.84 Å². The van der Waals surface area contributed by atoms with Gasteiger partial charge in [-0.15, -0.1) is 10.2 Å². The lowest BCUT2D eigenvalue weighted by Crippen LogP contribution is -2.58. The van der Waals surface area contributed by atoms with Crippen LogP contribution in [0.3, 0.4) is 0 Å². The van der Waals surface area contributed by atoms with E-state index in [-0.39, 0.29) is 6.23 Å². The first-order chi connectivity index (χ1) is 15.8. The number of aromatic nitrogens is 2. The molecule has 3 N–H and O–H groups in total. The molecule has 34 heavy (non-hydrogen) atoms. The van der Waals surface area contributed by atoms with Gasteiger partial charge in [0.15, 0.2) is 6.23 Å². The quantitative estimate of drug-likeness (QED) is 0.380. The molecule has 0 spiro atoms. The highest BCUT2D eigenvalue weighted by Crippen LogP contribution is 2.36. The molecule has 0 radical (unpaired) electrons. The molecule has 0 saturated carbocycles. The summed E-state index contributed by atoms with van der Waals surface area (Å²) in [5.41, 5.74) is 2.37. The first-order valence-corrected chi connectivity index (χ1v) is 11.4. The molecule has 3 rings (SSSR count). The molecule has 2 aromatic rings. The van der Waals surface area contributed by atoms with E-state index in [1.165, 1.54) is 0 Å². The van der Waals surface area contributed by atoms with E-state index in [0.29, 0.717) is 22.7 Å². The van der Waals surface area contributed by atoms with Crippen molar-refractivity contribution in [3.05, 3.63) is 23.9 Å². The van der Waals surface area contributed by atoms with Gasteiger partial charge in [-0.3, -0.25) is 5.43 Å². The van der Waals surface area contributed by atoms with Gasteiger partial charge in [-0.2, -0.15) is 5.10 Å². The Bertz CT molecular complexity index is 1030. The second kappa shape index (κ2) is 9.77. The number of carbonyl (C=O) groups excluding carboxylic acids is 2. The van der Waals surface area contributed by atoms with Crippen LogP contribution in [-0.4, -0.2) is 44.7 Å². The van der Waals surface area contributed by atoms with Gasteiger partial charge in [0.2, 0.25) is 0 Å². The molecule has 2 heterocycles. The van der Waals surface area contributed by atoms with E-state index in [9.17, 15) is 9.59 Å². The lowest BCUT2D eigenvalue weighted by atomic mass is 10.1. The van der Waals surface area contributed by atoms with Crippen LogP contribution >= 0.6 is 0 Å². The minimum Gasteiger partial charge on any atom is -0.442 e. The van der Waals surface area contributed by atoms with E-state index in [1.807, 2.05) is 49.9 Å². The van der Waals surface area contributed by atoms with Crippen LogP contribution in [0, 0.1) is 6.92 Å². The fraction of sp³-hybridized carbons (Fsp3) is 0.609. The molecule has 1 aromatic carbocycles. The maximum Gasteiger partial charge on any atom is 0.440 e. The first kappa shape index (κ1) is 25.7. The van der Waals surface area contributed by atoms with Gasteiger partial charge < -0.3 is 9.47 Å². The number of imide groups is 1. The number of carbonyl (C=O) groups is 2. The highest BCUT2D eigenvalue weighted by atomic mass is 16.7. The van der Waals surface area contributed by atoms with Crippen LogP contribution in [0.4, 0.5) is 15.3 Å². The summed E-state index contributed by atoms with van der Waals surface area (Å²) in [4.78, 5) is 32.2. The van der Waals surface area contributed by atoms with E-state index in [4.69, 9.17) is 20.2 Å². The highest BCUT2D eigenvalue weighted by molar-refractivity contribution is 5.98. The maximum absolute atomic E-state index is 13.2. The number of hydrogen-bond donors (Lipinski definition) is 2. The fourth-order valence-corrected chi connectivity index (χ4v) is 3.67. The molecule has 0 bridgehead atoms. The fourth-order valence-electron chi connectivity index (χ4n) is 3.67. The molecule has 1 unspecified atom stereocenters. The summed E-state index contributed by atoms with van der Waals surface area (Å²) in [5, 5.41) is 7.11. The average molecular weight is 477 g/mol. The Labute approximate surface area is 200 Å². The number of fused-ring (bicyclic) bond motifs is 1. The van der Waals surface area contributed by atoms with Crippen molar-refractivity contribution >= 4 is 28.7 Å². The Morgan fingerprint density at radius 3 is 2.44 bits per heavy atom. The Morgan fingerprint density at radius 1 is 1.18 bits per heavy atom. The van der Waals surface area contributed by atoms with Gasteiger partial charge in [0.25, 0.3) is 0 Å². The molecule has 11 heteroatoms. The third kappa shape index (κ3) is 5.78. The Balaban J connectivity index is 2.18. The van der Waals surface area contributed by atoms with Crippen LogP contribution in [0.1, 0.15) is 72.6 Å². The number of urea groups is 1. The lowest BCUT2D eigenvalue weighted by molar-refractivity contribution is -0.0781. The topological polar surface area (TPSA) is 124 Å². The number of nitrogens with zero attached hydrogens (tertiary/aromatic N) is 4. The largest absolute Gasteiger partial charge is 0.442 e. The molecule has 188 valence electrons. The predicted molar refractivity (Wildman–Crippen MR) is 127 cm³/mol. The molecule has 1 fully saturated rings. The average Bonchev–Trinajstić information content (AvgIpc) is 3.15. The highest BCUT2D eigenvalue weighted by Gasteiger charge is 2.38. The number of aryl methyl sites for hydroxylation is 1. The van der Waals surface area contributed by atoms with Gasteiger partial charge in [-0.1, -0.05) is 6.07 Å². The van der Waals surface area contributed by atoms with Crippen LogP contribution in [0.5, 0.6) is 0 Å². The third-order valence-electron chi connectivity index (χ3n) is 5.00. The van der Waals surface area contributed by atoms with Gasteiger partial charge in [0.05, 0.1) is 17.3 Å². The molecule has 3 amide bonds. The van der Waals surface area contributed by atoms with Gasteiger partial charge in [0.1, 0.15) is 11.3 Å². The number of hydrogen-bond acceptors (Lipinski definition) is 8. The maximum atomic E-state index is 13.2.